The van der Waals surface area contributed by atoms with Crippen molar-refractivity contribution in [2.75, 3.05) is 6.61 Å². The van der Waals surface area contributed by atoms with E-state index in [0.717, 1.165) is 44.1 Å². The Kier molecular flexibility index (Phi) is 5.40. The predicted molar refractivity (Wildman–Crippen MR) is 93.1 cm³/mol. The molecule has 2 aliphatic carbocycles. The monoisotopic (exact) mass is 320 g/mol. The van der Waals surface area contributed by atoms with Crippen LogP contribution in [0.5, 0.6) is 0 Å². The molecule has 2 rings (SSSR count). The Morgan fingerprint density at radius 3 is 2.70 bits per heavy atom. The van der Waals surface area contributed by atoms with Crippen LogP contribution in [0.3, 0.4) is 0 Å². The molecule has 130 valence electrons. The van der Waals surface area contributed by atoms with Crippen LogP contribution in [0.2, 0.25) is 0 Å². The summed E-state index contributed by atoms with van der Waals surface area (Å²) in [7, 11) is 0. The highest BCUT2D eigenvalue weighted by atomic mass is 16.4. The summed E-state index contributed by atoms with van der Waals surface area (Å²) in [5.41, 5.74) is 2.47. The van der Waals surface area contributed by atoms with Gasteiger partial charge in [0, 0.05) is 12.7 Å². The number of aliphatic hydroxyl groups is 1. The number of fused-ring (bicyclic) bond motifs is 1. The van der Waals surface area contributed by atoms with E-state index in [2.05, 4.69) is 20.4 Å². The van der Waals surface area contributed by atoms with Gasteiger partial charge in [0.05, 0.1) is 0 Å². The summed E-state index contributed by atoms with van der Waals surface area (Å²) >= 11 is 0. The fourth-order valence-electron chi connectivity index (χ4n) is 5.46. The Morgan fingerprint density at radius 1 is 1.39 bits per heavy atom. The van der Waals surface area contributed by atoms with E-state index in [0.29, 0.717) is 11.8 Å². The minimum absolute atomic E-state index is 0.0257. The summed E-state index contributed by atoms with van der Waals surface area (Å²) in [6, 6.07) is 0. The predicted octanol–water partition coefficient (Wildman–Crippen LogP) is 4.57. The van der Waals surface area contributed by atoms with Crippen molar-refractivity contribution in [2.24, 2.45) is 22.7 Å². The standard InChI is InChI=1S/C20H32O3/c1-14(12-18(22)23)6-8-16-15(2)7-9-17-19(3,13-21)10-5-11-20(16,17)4/h12,16-17,21H,2,5-11,13H2,1,3-4H3,(H,22,23)/b14-12+/t16-,17?,19+,20+/m0/s1. The quantitative estimate of drug-likeness (QED) is 0.576. The molecule has 2 aliphatic rings. The first-order valence-corrected chi connectivity index (χ1v) is 8.91. The lowest BCUT2D eigenvalue weighted by molar-refractivity contribution is -0.131. The highest BCUT2D eigenvalue weighted by Gasteiger charge is 2.53. The van der Waals surface area contributed by atoms with E-state index in [-0.39, 0.29) is 17.4 Å². The average molecular weight is 320 g/mol. The molecule has 0 bridgehead atoms. The van der Waals surface area contributed by atoms with Crippen LogP contribution in [0.25, 0.3) is 0 Å². The van der Waals surface area contributed by atoms with Crippen LogP contribution in [0.4, 0.5) is 0 Å². The molecule has 0 saturated heterocycles. The van der Waals surface area contributed by atoms with E-state index in [1.807, 2.05) is 6.92 Å². The zero-order valence-corrected chi connectivity index (χ0v) is 14.9. The lowest BCUT2D eigenvalue weighted by atomic mass is 9.47. The number of allylic oxidation sites excluding steroid dienone is 2. The first kappa shape index (κ1) is 18.3. The van der Waals surface area contributed by atoms with E-state index in [1.165, 1.54) is 18.1 Å². The number of aliphatic carboxylic acids is 1. The van der Waals surface area contributed by atoms with Gasteiger partial charge < -0.3 is 10.2 Å². The second-order valence-electron chi connectivity index (χ2n) is 8.34. The van der Waals surface area contributed by atoms with Gasteiger partial charge >= 0.3 is 5.97 Å². The molecule has 3 heteroatoms. The van der Waals surface area contributed by atoms with E-state index in [9.17, 15) is 9.90 Å². The van der Waals surface area contributed by atoms with Crippen LogP contribution >= 0.6 is 0 Å². The Labute approximate surface area is 140 Å². The number of carboxylic acids is 1. The molecule has 0 aromatic carbocycles. The minimum Gasteiger partial charge on any atom is -0.478 e. The van der Waals surface area contributed by atoms with Crippen molar-refractivity contribution >= 4 is 5.97 Å². The molecule has 0 aromatic rings. The first-order chi connectivity index (χ1) is 10.7. The first-order valence-electron chi connectivity index (χ1n) is 8.91. The summed E-state index contributed by atoms with van der Waals surface area (Å²) in [5.74, 6) is 0.108. The number of carboxylic acid groups (broad SMARTS) is 1. The molecule has 2 fully saturated rings. The topological polar surface area (TPSA) is 57.5 Å². The third-order valence-corrected chi connectivity index (χ3v) is 6.70. The maximum Gasteiger partial charge on any atom is 0.328 e. The molecule has 0 radical (unpaired) electrons. The van der Waals surface area contributed by atoms with E-state index >= 15 is 0 Å². The number of hydrogen-bond acceptors (Lipinski definition) is 2. The van der Waals surface area contributed by atoms with Gasteiger partial charge in [-0.1, -0.05) is 38.0 Å². The third kappa shape index (κ3) is 3.55. The summed E-state index contributed by atoms with van der Waals surface area (Å²) < 4.78 is 0. The van der Waals surface area contributed by atoms with Crippen molar-refractivity contribution in [2.45, 2.75) is 65.7 Å². The van der Waals surface area contributed by atoms with Gasteiger partial charge in [0.15, 0.2) is 0 Å². The van der Waals surface area contributed by atoms with Crippen LogP contribution in [-0.2, 0) is 4.79 Å². The van der Waals surface area contributed by atoms with Gasteiger partial charge in [-0.2, -0.15) is 0 Å². The van der Waals surface area contributed by atoms with Gasteiger partial charge in [-0.3, -0.25) is 0 Å². The molecule has 0 amide bonds. The summed E-state index contributed by atoms with van der Waals surface area (Å²) in [4.78, 5) is 10.8. The Balaban J connectivity index is 2.20. The van der Waals surface area contributed by atoms with Crippen LogP contribution in [0.1, 0.15) is 65.7 Å². The highest BCUT2D eigenvalue weighted by Crippen LogP contribution is 2.61. The third-order valence-electron chi connectivity index (χ3n) is 6.70. The average Bonchev–Trinajstić information content (AvgIpc) is 2.45. The molecule has 0 aromatic heterocycles. The molecular weight excluding hydrogens is 288 g/mol. The highest BCUT2D eigenvalue weighted by molar-refractivity contribution is 5.80. The number of aliphatic hydroxyl groups excluding tert-OH is 1. The molecule has 2 saturated carbocycles. The zero-order chi connectivity index (χ0) is 17.3. The smallest absolute Gasteiger partial charge is 0.328 e. The summed E-state index contributed by atoms with van der Waals surface area (Å²) in [6.07, 6.45) is 8.76. The fourth-order valence-corrected chi connectivity index (χ4v) is 5.46. The van der Waals surface area contributed by atoms with Gasteiger partial charge in [0.2, 0.25) is 0 Å². The lowest BCUT2D eigenvalue weighted by Crippen LogP contribution is -2.51. The van der Waals surface area contributed by atoms with Crippen molar-refractivity contribution < 1.29 is 15.0 Å². The molecule has 3 nitrogen and oxygen atoms in total. The zero-order valence-electron chi connectivity index (χ0n) is 14.9. The minimum atomic E-state index is -0.861. The van der Waals surface area contributed by atoms with Crippen LogP contribution in [0, 0.1) is 22.7 Å². The molecule has 0 spiro atoms. The van der Waals surface area contributed by atoms with E-state index < -0.39 is 5.97 Å². The van der Waals surface area contributed by atoms with Crippen LogP contribution in [-0.4, -0.2) is 22.8 Å². The summed E-state index contributed by atoms with van der Waals surface area (Å²) in [5, 5.41) is 18.9. The molecule has 23 heavy (non-hydrogen) atoms. The maximum atomic E-state index is 10.8. The SMILES string of the molecule is C=C1CCC2[C@@](C)(CO)CCC[C@]2(C)[C@H]1CC/C(C)=C/C(=O)O. The van der Waals surface area contributed by atoms with E-state index in [1.54, 1.807) is 0 Å². The van der Waals surface area contributed by atoms with Crippen molar-refractivity contribution in [3.8, 4) is 0 Å². The van der Waals surface area contributed by atoms with Gasteiger partial charge in [0.25, 0.3) is 0 Å². The van der Waals surface area contributed by atoms with Gasteiger partial charge in [-0.15, -0.1) is 0 Å². The second-order valence-corrected chi connectivity index (χ2v) is 8.34. The van der Waals surface area contributed by atoms with Gasteiger partial charge in [0.1, 0.15) is 0 Å². The Morgan fingerprint density at radius 2 is 2.09 bits per heavy atom. The molecule has 4 atom stereocenters. The Bertz CT molecular complexity index is 507. The summed E-state index contributed by atoms with van der Waals surface area (Å²) in [6.45, 7) is 11.1. The Hall–Kier alpha value is -1.09. The lowest BCUT2D eigenvalue weighted by Gasteiger charge is -2.58. The van der Waals surface area contributed by atoms with Crippen molar-refractivity contribution in [3.05, 3.63) is 23.8 Å². The second kappa shape index (κ2) is 6.80. The molecule has 2 N–H and O–H groups in total. The maximum absolute atomic E-state index is 10.8. The van der Waals surface area contributed by atoms with Gasteiger partial charge in [-0.05, 0) is 68.1 Å². The van der Waals surface area contributed by atoms with Crippen LogP contribution in [0.15, 0.2) is 23.8 Å². The van der Waals surface area contributed by atoms with Crippen molar-refractivity contribution in [3.63, 3.8) is 0 Å². The number of rotatable bonds is 5. The normalized spacial score (nSPS) is 38.3. The fraction of sp³-hybridized carbons (Fsp3) is 0.750. The van der Waals surface area contributed by atoms with E-state index in [4.69, 9.17) is 5.11 Å². The number of hydrogen-bond donors (Lipinski definition) is 2. The van der Waals surface area contributed by atoms with Crippen molar-refractivity contribution in [1.82, 2.24) is 0 Å². The molecule has 0 aliphatic heterocycles. The molecule has 0 heterocycles. The van der Waals surface area contributed by atoms with Gasteiger partial charge in [-0.25, -0.2) is 4.79 Å². The molecule has 1 unspecified atom stereocenters. The molecular formula is C20H32O3. The van der Waals surface area contributed by atoms with Crippen molar-refractivity contribution in [1.29, 1.82) is 0 Å². The van der Waals surface area contributed by atoms with Crippen LogP contribution < -0.4 is 0 Å². The number of carbonyl (C=O) groups is 1. The largest absolute Gasteiger partial charge is 0.478 e.